The quantitative estimate of drug-likeness (QED) is 0.462. The lowest BCUT2D eigenvalue weighted by Crippen LogP contribution is -2.55. The number of aryl methyl sites for hydroxylation is 1. The van der Waals surface area contributed by atoms with Crippen LogP contribution in [0.4, 0.5) is 8.78 Å². The summed E-state index contributed by atoms with van der Waals surface area (Å²) < 4.78 is 66.4. The van der Waals surface area contributed by atoms with Gasteiger partial charge in [0.1, 0.15) is 0 Å². The van der Waals surface area contributed by atoms with Gasteiger partial charge in [0.15, 0.2) is 6.10 Å². The maximum Gasteiger partial charge on any atom is 0.465 e. The molecule has 4 aliphatic carbocycles. The van der Waals surface area contributed by atoms with E-state index in [9.17, 15) is 26.8 Å². The minimum atomic E-state index is -6.01. The second-order valence-electron chi connectivity index (χ2n) is 10.3. The average molecular weight is 487 g/mol. The largest absolute Gasteiger partial charge is 0.465 e. The highest BCUT2D eigenvalue weighted by molar-refractivity contribution is 7.87. The molecule has 3 atom stereocenters. The minimum absolute atomic E-state index is 0.0276. The Hall–Kier alpha value is -2.07. The van der Waals surface area contributed by atoms with Gasteiger partial charge in [-0.15, -0.1) is 0 Å². The lowest BCUT2D eigenvalue weighted by molar-refractivity contribution is -0.181. The number of carbonyl (C=O) groups is 2. The van der Waals surface area contributed by atoms with Gasteiger partial charge in [-0.2, -0.15) is 17.2 Å². The number of alkyl halides is 2. The Labute approximate surface area is 191 Å². The predicted molar refractivity (Wildman–Crippen MR) is 113 cm³/mol. The van der Waals surface area contributed by atoms with Crippen LogP contribution < -0.4 is 0 Å². The van der Waals surface area contributed by atoms with Crippen LogP contribution in [0.15, 0.2) is 24.3 Å². The highest BCUT2D eigenvalue weighted by atomic mass is 32.2. The molecule has 0 saturated heterocycles. The van der Waals surface area contributed by atoms with Crippen molar-refractivity contribution in [2.24, 2.45) is 17.3 Å². The van der Waals surface area contributed by atoms with E-state index in [1.54, 1.807) is 0 Å². The van der Waals surface area contributed by atoms with Crippen LogP contribution in [0, 0.1) is 24.2 Å². The summed E-state index contributed by atoms with van der Waals surface area (Å²) in [6, 6.07) is 8.58. The molecule has 4 bridgehead atoms. The van der Waals surface area contributed by atoms with E-state index in [-0.39, 0.29) is 17.4 Å². The summed E-state index contributed by atoms with van der Waals surface area (Å²) in [7, 11) is -6.01. The van der Waals surface area contributed by atoms with Crippen molar-refractivity contribution in [2.75, 3.05) is 6.61 Å². The Morgan fingerprint density at radius 3 is 2.27 bits per heavy atom. The first-order chi connectivity index (χ1) is 15.3. The van der Waals surface area contributed by atoms with E-state index in [0.29, 0.717) is 11.8 Å². The van der Waals surface area contributed by atoms with Crippen LogP contribution in [0.2, 0.25) is 0 Å². The molecule has 5 rings (SSSR count). The van der Waals surface area contributed by atoms with Crippen molar-refractivity contribution >= 4 is 22.1 Å². The zero-order valence-corrected chi connectivity index (χ0v) is 19.4. The van der Waals surface area contributed by atoms with Gasteiger partial charge >= 0.3 is 27.3 Å². The van der Waals surface area contributed by atoms with Crippen molar-refractivity contribution < 1.29 is 40.8 Å². The molecule has 0 amide bonds. The highest BCUT2D eigenvalue weighted by Crippen LogP contribution is 2.65. The molecular formula is C23H28F2O7S. The molecule has 182 valence electrons. The molecule has 4 saturated carbocycles. The molecule has 0 aliphatic heterocycles. The predicted octanol–water partition coefficient (Wildman–Crippen LogP) is 3.79. The Bertz CT molecular complexity index is 1040. The van der Waals surface area contributed by atoms with Gasteiger partial charge in [0, 0.05) is 5.41 Å². The number of benzene rings is 1. The standard InChI is InChI=1S/C23H28F2O7S/c1-14-3-5-18(6-4-14)22-10-16-7-17(11-22)9-21(8-16,12-22)13-31-19(26)15(2)32-20(27)23(24,25)33(28,29)30/h3-6,15-17H,7-13H2,1-2H3,(H,28,29,30). The first-order valence-corrected chi connectivity index (χ1v) is 12.5. The third-order valence-electron chi connectivity index (χ3n) is 7.54. The Morgan fingerprint density at radius 1 is 1.15 bits per heavy atom. The molecule has 1 aromatic carbocycles. The molecule has 0 aromatic heterocycles. The number of esters is 2. The van der Waals surface area contributed by atoms with Crippen LogP contribution in [0.1, 0.15) is 56.6 Å². The highest BCUT2D eigenvalue weighted by Gasteiger charge is 2.59. The van der Waals surface area contributed by atoms with E-state index in [2.05, 4.69) is 29.0 Å². The normalized spacial score (nSPS) is 31.8. The molecule has 4 fully saturated rings. The molecule has 33 heavy (non-hydrogen) atoms. The van der Waals surface area contributed by atoms with E-state index in [4.69, 9.17) is 9.29 Å². The molecule has 1 N–H and O–H groups in total. The number of ether oxygens (including phenoxy) is 2. The molecular weight excluding hydrogens is 458 g/mol. The van der Waals surface area contributed by atoms with Crippen molar-refractivity contribution in [3.63, 3.8) is 0 Å². The molecule has 7 nitrogen and oxygen atoms in total. The lowest BCUT2D eigenvalue weighted by Gasteiger charge is -2.62. The number of rotatable bonds is 7. The molecule has 1 aromatic rings. The first-order valence-electron chi connectivity index (χ1n) is 11.1. The topological polar surface area (TPSA) is 107 Å². The maximum atomic E-state index is 13.4. The summed E-state index contributed by atoms with van der Waals surface area (Å²) >= 11 is 0. The van der Waals surface area contributed by atoms with Crippen molar-refractivity contribution in [3.05, 3.63) is 35.4 Å². The van der Waals surface area contributed by atoms with E-state index < -0.39 is 33.4 Å². The fraction of sp³-hybridized carbons (Fsp3) is 0.652. The average Bonchev–Trinajstić information content (AvgIpc) is 2.70. The van der Waals surface area contributed by atoms with Gasteiger partial charge in [0.2, 0.25) is 0 Å². The Balaban J connectivity index is 1.43. The van der Waals surface area contributed by atoms with Crippen LogP contribution in [0.25, 0.3) is 0 Å². The van der Waals surface area contributed by atoms with Crippen molar-refractivity contribution in [1.29, 1.82) is 0 Å². The molecule has 0 spiro atoms. The number of hydrogen-bond donors (Lipinski definition) is 1. The SMILES string of the molecule is Cc1ccc(C23CC4CC(CC(COC(=O)C(C)OC(=O)C(F)(F)S(=O)(=O)O)(C4)C2)C3)cc1. The molecule has 0 heterocycles. The Kier molecular flexibility index (Phi) is 5.84. The van der Waals surface area contributed by atoms with Gasteiger partial charge in [-0.1, -0.05) is 29.8 Å². The zero-order valence-electron chi connectivity index (χ0n) is 18.6. The lowest BCUT2D eigenvalue weighted by atomic mass is 9.43. The number of carbonyl (C=O) groups excluding carboxylic acids is 2. The first kappa shape index (κ1) is 24.1. The van der Waals surface area contributed by atoms with Crippen LogP contribution in [0.5, 0.6) is 0 Å². The summed E-state index contributed by atoms with van der Waals surface area (Å²) in [6.07, 6.45) is 4.30. The maximum absolute atomic E-state index is 13.4. The third-order valence-corrected chi connectivity index (χ3v) is 8.36. The second kappa shape index (κ2) is 8.01. The summed E-state index contributed by atoms with van der Waals surface area (Å²) in [5, 5.41) is -5.16. The van der Waals surface area contributed by atoms with Crippen LogP contribution in [-0.4, -0.2) is 42.9 Å². The van der Waals surface area contributed by atoms with Gasteiger partial charge in [0.05, 0.1) is 6.61 Å². The van der Waals surface area contributed by atoms with Crippen LogP contribution >= 0.6 is 0 Å². The minimum Gasteiger partial charge on any atom is -0.462 e. The monoisotopic (exact) mass is 486 g/mol. The van der Waals surface area contributed by atoms with Crippen LogP contribution in [-0.2, 0) is 34.6 Å². The van der Waals surface area contributed by atoms with Gasteiger partial charge in [0.25, 0.3) is 0 Å². The fourth-order valence-electron chi connectivity index (χ4n) is 6.59. The van der Waals surface area contributed by atoms with Gasteiger partial charge in [-0.05, 0) is 75.2 Å². The Morgan fingerprint density at radius 2 is 1.73 bits per heavy atom. The smallest absolute Gasteiger partial charge is 0.462 e. The summed E-state index contributed by atoms with van der Waals surface area (Å²) in [5.74, 6) is -2.51. The summed E-state index contributed by atoms with van der Waals surface area (Å²) in [5.41, 5.74) is 2.29. The molecule has 10 heteroatoms. The van der Waals surface area contributed by atoms with Crippen molar-refractivity contribution in [1.82, 2.24) is 0 Å². The zero-order chi connectivity index (χ0) is 24.2. The van der Waals surface area contributed by atoms with Gasteiger partial charge in [-0.25, -0.2) is 9.59 Å². The van der Waals surface area contributed by atoms with E-state index >= 15 is 0 Å². The number of hydrogen-bond acceptors (Lipinski definition) is 6. The van der Waals surface area contributed by atoms with Gasteiger partial charge < -0.3 is 9.47 Å². The third kappa shape index (κ3) is 4.39. The van der Waals surface area contributed by atoms with Gasteiger partial charge in [-0.3, -0.25) is 4.55 Å². The van der Waals surface area contributed by atoms with E-state index in [1.165, 1.54) is 11.1 Å². The fourth-order valence-corrected chi connectivity index (χ4v) is 6.85. The van der Waals surface area contributed by atoms with Crippen molar-refractivity contribution in [3.8, 4) is 0 Å². The summed E-state index contributed by atoms with van der Waals surface area (Å²) in [4.78, 5) is 23.8. The molecule has 3 unspecified atom stereocenters. The summed E-state index contributed by atoms with van der Waals surface area (Å²) in [6.45, 7) is 3.15. The second-order valence-corrected chi connectivity index (χ2v) is 11.7. The molecule has 4 aliphatic rings. The molecule has 0 radical (unpaired) electrons. The number of halogens is 2. The van der Waals surface area contributed by atoms with Crippen LogP contribution in [0.3, 0.4) is 0 Å². The van der Waals surface area contributed by atoms with E-state index in [0.717, 1.165) is 45.4 Å². The van der Waals surface area contributed by atoms with Crippen molar-refractivity contribution in [2.45, 2.75) is 69.1 Å². The van der Waals surface area contributed by atoms with E-state index in [1.807, 2.05) is 6.92 Å².